The van der Waals surface area contributed by atoms with Gasteiger partial charge in [-0.1, -0.05) is 0 Å². The van der Waals surface area contributed by atoms with Gasteiger partial charge in [0, 0.05) is 32.8 Å². The van der Waals surface area contributed by atoms with Crippen LogP contribution in [-0.2, 0) is 4.74 Å². The van der Waals surface area contributed by atoms with Gasteiger partial charge in [0.25, 0.3) is 0 Å². The van der Waals surface area contributed by atoms with E-state index in [0.717, 1.165) is 32.5 Å². The maximum absolute atomic E-state index is 5.72. The van der Waals surface area contributed by atoms with Crippen molar-refractivity contribution in [2.24, 2.45) is 5.73 Å². The van der Waals surface area contributed by atoms with Gasteiger partial charge < -0.3 is 15.4 Å². The lowest BCUT2D eigenvalue weighted by atomic mass is 10.1. The summed E-state index contributed by atoms with van der Waals surface area (Å²) in [6, 6.07) is 0.295. The normalized spacial score (nSPS) is 24.2. The van der Waals surface area contributed by atoms with Crippen molar-refractivity contribution in [3.05, 3.63) is 0 Å². The molecule has 2 N–H and O–H groups in total. The maximum Gasteiger partial charge on any atom is 0.0595 e. The number of nitrogens with two attached hydrogens (primary N) is 1. The molecule has 1 rings (SSSR count). The Hall–Kier alpha value is -0.120. The number of ether oxygens (including phenoxy) is 1. The highest BCUT2D eigenvalue weighted by Crippen LogP contribution is 2.12. The summed E-state index contributed by atoms with van der Waals surface area (Å²) in [5.41, 5.74) is 5.72. The molecule has 0 spiro atoms. The van der Waals surface area contributed by atoms with E-state index >= 15 is 0 Å². The average molecular weight is 172 g/mol. The molecule has 0 radical (unpaired) electrons. The van der Waals surface area contributed by atoms with Crippen molar-refractivity contribution in [3.8, 4) is 0 Å². The van der Waals surface area contributed by atoms with E-state index in [1.807, 2.05) is 0 Å². The van der Waals surface area contributed by atoms with Gasteiger partial charge in [-0.25, -0.2) is 0 Å². The average Bonchev–Trinajstić information content (AvgIpc) is 2.05. The van der Waals surface area contributed by atoms with E-state index in [0.29, 0.717) is 12.1 Å². The van der Waals surface area contributed by atoms with Gasteiger partial charge in [-0.05, 0) is 19.8 Å². The molecule has 1 heterocycles. The molecule has 3 nitrogen and oxygen atoms in total. The van der Waals surface area contributed by atoms with Crippen molar-refractivity contribution in [1.82, 2.24) is 4.90 Å². The maximum atomic E-state index is 5.72. The third kappa shape index (κ3) is 3.09. The van der Waals surface area contributed by atoms with E-state index < -0.39 is 0 Å². The van der Waals surface area contributed by atoms with Gasteiger partial charge in [0.2, 0.25) is 0 Å². The van der Waals surface area contributed by atoms with E-state index in [2.05, 4.69) is 11.8 Å². The van der Waals surface area contributed by atoms with Crippen LogP contribution in [0.1, 0.15) is 19.8 Å². The molecular weight excluding hydrogens is 152 g/mol. The van der Waals surface area contributed by atoms with Crippen molar-refractivity contribution in [1.29, 1.82) is 0 Å². The van der Waals surface area contributed by atoms with Crippen molar-refractivity contribution in [2.75, 3.05) is 26.7 Å². The lowest BCUT2D eigenvalue weighted by Gasteiger charge is -2.32. The second-order valence-electron chi connectivity index (χ2n) is 3.71. The Kier molecular flexibility index (Phi) is 3.98. The van der Waals surface area contributed by atoms with Crippen LogP contribution in [0.4, 0.5) is 0 Å². The molecule has 12 heavy (non-hydrogen) atoms. The molecule has 1 atom stereocenters. The fraction of sp³-hybridized carbons (Fsp3) is 1.00. The van der Waals surface area contributed by atoms with Gasteiger partial charge in [0.15, 0.2) is 0 Å². The molecular formula is C9H20N2O. The summed E-state index contributed by atoms with van der Waals surface area (Å²) < 4.78 is 5.29. The zero-order chi connectivity index (χ0) is 8.97. The summed E-state index contributed by atoms with van der Waals surface area (Å²) >= 11 is 0. The van der Waals surface area contributed by atoms with Gasteiger partial charge in [-0.2, -0.15) is 0 Å². The summed E-state index contributed by atoms with van der Waals surface area (Å²) in [6.45, 7) is 5.36. The van der Waals surface area contributed by atoms with Crippen molar-refractivity contribution in [3.63, 3.8) is 0 Å². The van der Waals surface area contributed by atoms with E-state index in [-0.39, 0.29) is 0 Å². The smallest absolute Gasteiger partial charge is 0.0595 e. The van der Waals surface area contributed by atoms with Crippen LogP contribution in [0, 0.1) is 0 Å². The molecule has 0 aliphatic carbocycles. The van der Waals surface area contributed by atoms with Crippen LogP contribution in [-0.4, -0.2) is 43.8 Å². The van der Waals surface area contributed by atoms with Crippen molar-refractivity contribution in [2.45, 2.75) is 31.9 Å². The molecule has 1 fully saturated rings. The van der Waals surface area contributed by atoms with E-state index in [9.17, 15) is 0 Å². The number of methoxy groups -OCH3 is 1. The van der Waals surface area contributed by atoms with Gasteiger partial charge in [-0.15, -0.1) is 0 Å². The first kappa shape index (κ1) is 9.96. The number of likely N-dealkylation sites (tertiary alicyclic amines) is 1. The van der Waals surface area contributed by atoms with E-state index in [1.54, 1.807) is 7.11 Å². The number of piperidine rings is 1. The fourth-order valence-corrected chi connectivity index (χ4v) is 1.73. The summed E-state index contributed by atoms with van der Waals surface area (Å²) in [6.07, 6.45) is 2.79. The van der Waals surface area contributed by atoms with Gasteiger partial charge in [0.1, 0.15) is 0 Å². The minimum absolute atomic E-state index is 0.295. The SMILES string of the molecule is COC1CCN(C[C@H](C)N)CC1. The molecule has 0 amide bonds. The number of nitrogens with zero attached hydrogens (tertiary/aromatic N) is 1. The van der Waals surface area contributed by atoms with E-state index in [4.69, 9.17) is 10.5 Å². The third-order valence-corrected chi connectivity index (χ3v) is 2.41. The predicted molar refractivity (Wildman–Crippen MR) is 50.1 cm³/mol. The van der Waals surface area contributed by atoms with E-state index in [1.165, 1.54) is 0 Å². The Balaban J connectivity index is 2.17. The Morgan fingerprint density at radius 1 is 1.50 bits per heavy atom. The second-order valence-corrected chi connectivity index (χ2v) is 3.71. The summed E-state index contributed by atoms with van der Waals surface area (Å²) in [7, 11) is 1.80. The second kappa shape index (κ2) is 4.80. The summed E-state index contributed by atoms with van der Waals surface area (Å²) in [5, 5.41) is 0. The molecule has 0 saturated carbocycles. The number of hydrogen-bond acceptors (Lipinski definition) is 3. The van der Waals surface area contributed by atoms with Gasteiger partial charge in [0.05, 0.1) is 6.10 Å². The van der Waals surface area contributed by atoms with Gasteiger partial charge in [-0.3, -0.25) is 0 Å². The largest absolute Gasteiger partial charge is 0.381 e. The quantitative estimate of drug-likeness (QED) is 0.671. The molecule has 0 aromatic heterocycles. The monoisotopic (exact) mass is 172 g/mol. The molecule has 72 valence electrons. The number of hydrogen-bond donors (Lipinski definition) is 1. The zero-order valence-electron chi connectivity index (χ0n) is 8.12. The summed E-state index contributed by atoms with van der Waals surface area (Å²) in [5.74, 6) is 0. The molecule has 0 aromatic rings. The van der Waals surface area contributed by atoms with Crippen LogP contribution in [0.5, 0.6) is 0 Å². The molecule has 1 aliphatic rings. The van der Waals surface area contributed by atoms with Crippen LogP contribution in [0.2, 0.25) is 0 Å². The third-order valence-electron chi connectivity index (χ3n) is 2.41. The minimum Gasteiger partial charge on any atom is -0.381 e. The molecule has 3 heteroatoms. The first-order valence-electron chi connectivity index (χ1n) is 4.73. The Labute approximate surface area is 74.9 Å². The zero-order valence-corrected chi connectivity index (χ0v) is 8.12. The highest BCUT2D eigenvalue weighted by molar-refractivity contribution is 4.74. The Morgan fingerprint density at radius 2 is 2.08 bits per heavy atom. The van der Waals surface area contributed by atoms with Crippen molar-refractivity contribution < 1.29 is 4.74 Å². The first-order chi connectivity index (χ1) is 5.72. The molecule has 0 bridgehead atoms. The lowest BCUT2D eigenvalue weighted by molar-refractivity contribution is 0.0400. The minimum atomic E-state index is 0.295. The van der Waals surface area contributed by atoms with Crippen LogP contribution < -0.4 is 5.73 Å². The predicted octanol–water partition coefficient (Wildman–Crippen LogP) is 0.444. The molecule has 1 aliphatic heterocycles. The number of rotatable bonds is 3. The fourth-order valence-electron chi connectivity index (χ4n) is 1.73. The van der Waals surface area contributed by atoms with Gasteiger partial charge >= 0.3 is 0 Å². The molecule has 0 unspecified atom stereocenters. The Bertz CT molecular complexity index is 120. The summed E-state index contributed by atoms with van der Waals surface area (Å²) in [4.78, 5) is 2.42. The highest BCUT2D eigenvalue weighted by atomic mass is 16.5. The van der Waals surface area contributed by atoms with Crippen LogP contribution in [0.3, 0.4) is 0 Å². The van der Waals surface area contributed by atoms with Crippen LogP contribution in [0.25, 0.3) is 0 Å². The lowest BCUT2D eigenvalue weighted by Crippen LogP contribution is -2.42. The topological polar surface area (TPSA) is 38.5 Å². The van der Waals surface area contributed by atoms with Crippen LogP contribution in [0.15, 0.2) is 0 Å². The molecule has 0 aromatic carbocycles. The molecule has 1 saturated heterocycles. The van der Waals surface area contributed by atoms with Crippen molar-refractivity contribution >= 4 is 0 Å². The Morgan fingerprint density at radius 3 is 2.50 bits per heavy atom. The van der Waals surface area contributed by atoms with Crippen LogP contribution >= 0.6 is 0 Å². The highest BCUT2D eigenvalue weighted by Gasteiger charge is 2.18. The standard InChI is InChI=1S/C9H20N2O/c1-8(10)7-11-5-3-9(12-2)4-6-11/h8-9H,3-7,10H2,1-2H3/t8-/m0/s1. The first-order valence-corrected chi connectivity index (χ1v) is 4.73.